The molecule has 2 aromatic carbocycles. The second kappa shape index (κ2) is 10.9. The van der Waals surface area contributed by atoms with E-state index in [0.717, 1.165) is 25.1 Å². The van der Waals surface area contributed by atoms with E-state index in [1.165, 1.54) is 4.90 Å². The Morgan fingerprint density at radius 2 is 1.86 bits per heavy atom. The Hall–Kier alpha value is -3.97. The van der Waals surface area contributed by atoms with Crippen molar-refractivity contribution < 1.29 is 44.3 Å². The molecule has 0 radical (unpaired) electrons. The first-order chi connectivity index (χ1) is 20.9. The normalized spacial score (nSPS) is 26.9. The summed E-state index contributed by atoms with van der Waals surface area (Å²) < 4.78 is 11.4. The molecule has 4 aliphatic rings. The van der Waals surface area contributed by atoms with Gasteiger partial charge in [-0.05, 0) is 64.0 Å². The van der Waals surface area contributed by atoms with Gasteiger partial charge in [0.25, 0.3) is 5.91 Å². The zero-order valence-electron chi connectivity index (χ0n) is 24.9. The monoisotopic (exact) mass is 607 g/mol. The van der Waals surface area contributed by atoms with E-state index < -0.39 is 58.0 Å². The Morgan fingerprint density at radius 3 is 2.48 bits per heavy atom. The maximum absolute atomic E-state index is 14.2. The third-order valence-electron chi connectivity index (χ3n) is 9.60. The topological polar surface area (TPSA) is 183 Å². The standard InChI is InChI=1S/C32H37N3O9/c1-34(2)24-20-13-16-12-19-22(26(37)21(16)29(39)32(20,42)30(40)23(27(24)38)31(33)41)25(36)18-11-15(14-35-7-4-8-35)5-6-17(18)28(19)44-10-9-43-3/h5-6,11,16,20,24,36-37,40,42H,4,7-10,12-14H2,1-3H3,(H2,33,41)/t16-,20-,24-,32-/m0/s1. The predicted octanol–water partition coefficient (Wildman–Crippen LogP) is 1.35. The largest absolute Gasteiger partial charge is 0.508 e. The van der Waals surface area contributed by atoms with E-state index in [0.29, 0.717) is 28.6 Å². The number of Topliss-reactive ketones (excluding diaryl/α,β-unsaturated/α-hetero) is 2. The quantitative estimate of drug-likeness (QED) is 0.216. The van der Waals surface area contributed by atoms with Gasteiger partial charge in [0, 0.05) is 41.5 Å². The molecule has 44 heavy (non-hydrogen) atoms. The fourth-order valence-electron chi connectivity index (χ4n) is 7.41. The van der Waals surface area contributed by atoms with Crippen molar-refractivity contribution in [1.82, 2.24) is 9.80 Å². The minimum atomic E-state index is -2.70. The van der Waals surface area contributed by atoms with Gasteiger partial charge in [-0.25, -0.2) is 0 Å². The molecule has 1 saturated heterocycles. The van der Waals surface area contributed by atoms with Gasteiger partial charge in [-0.15, -0.1) is 0 Å². The van der Waals surface area contributed by atoms with Crippen LogP contribution in [0.4, 0.5) is 0 Å². The van der Waals surface area contributed by atoms with Gasteiger partial charge in [0.1, 0.15) is 35.2 Å². The van der Waals surface area contributed by atoms with Crippen molar-refractivity contribution >= 4 is 34.0 Å². The molecule has 0 spiro atoms. The molecule has 6 rings (SSSR count). The first-order valence-electron chi connectivity index (χ1n) is 14.7. The lowest BCUT2D eigenvalue weighted by molar-refractivity contribution is -0.153. The van der Waals surface area contributed by atoms with E-state index in [9.17, 15) is 34.8 Å². The fourth-order valence-corrected chi connectivity index (χ4v) is 7.41. The van der Waals surface area contributed by atoms with E-state index in [2.05, 4.69) is 4.90 Å². The summed E-state index contributed by atoms with van der Waals surface area (Å²) in [6, 6.07) is 4.54. The molecular weight excluding hydrogens is 570 g/mol. The third kappa shape index (κ3) is 4.31. The predicted molar refractivity (Wildman–Crippen MR) is 159 cm³/mol. The van der Waals surface area contributed by atoms with Crippen LogP contribution >= 0.6 is 0 Å². The van der Waals surface area contributed by atoms with Crippen LogP contribution in [0.1, 0.15) is 29.5 Å². The van der Waals surface area contributed by atoms with Crippen molar-refractivity contribution in [3.8, 4) is 11.5 Å². The number of likely N-dealkylation sites (N-methyl/N-ethyl adjacent to an activating group) is 1. The highest BCUT2D eigenvalue weighted by Gasteiger charge is 2.64. The summed E-state index contributed by atoms with van der Waals surface area (Å²) in [5.41, 5.74) is 3.11. The number of fused-ring (bicyclic) bond motifs is 4. The number of nitrogens with zero attached hydrogens (tertiary/aromatic N) is 2. The average Bonchev–Trinajstić information content (AvgIpc) is 2.94. The molecule has 234 valence electrons. The van der Waals surface area contributed by atoms with Crippen molar-refractivity contribution in [3.63, 3.8) is 0 Å². The molecule has 3 aliphatic carbocycles. The highest BCUT2D eigenvalue weighted by Crippen LogP contribution is 2.55. The zero-order chi connectivity index (χ0) is 31.7. The lowest BCUT2D eigenvalue weighted by atomic mass is 9.57. The second-order valence-corrected chi connectivity index (χ2v) is 12.3. The van der Waals surface area contributed by atoms with Crippen LogP contribution in [0.25, 0.3) is 16.5 Å². The van der Waals surface area contributed by atoms with Crippen LogP contribution in [0, 0.1) is 11.8 Å². The summed E-state index contributed by atoms with van der Waals surface area (Å²) in [6.45, 7) is 3.13. The molecule has 4 atom stereocenters. The smallest absolute Gasteiger partial charge is 0.255 e. The molecule has 0 aromatic heterocycles. The summed E-state index contributed by atoms with van der Waals surface area (Å²) in [5.74, 6) is -6.45. The number of phenolic OH excluding ortho intramolecular Hbond substituents is 1. The number of ether oxygens (including phenoxy) is 2. The number of hydrogen-bond acceptors (Lipinski definition) is 11. The van der Waals surface area contributed by atoms with Gasteiger partial charge in [-0.3, -0.25) is 24.2 Å². The van der Waals surface area contributed by atoms with Crippen LogP contribution in [0.15, 0.2) is 35.1 Å². The lowest BCUT2D eigenvalue weighted by Crippen LogP contribution is -2.65. The number of aliphatic hydroxyl groups is 3. The van der Waals surface area contributed by atoms with Gasteiger partial charge < -0.3 is 35.6 Å². The number of nitrogens with two attached hydrogens (primary N) is 1. The van der Waals surface area contributed by atoms with Crippen molar-refractivity contribution in [2.24, 2.45) is 17.6 Å². The minimum absolute atomic E-state index is 0.00214. The molecule has 12 heteroatoms. The molecule has 6 N–H and O–H groups in total. The van der Waals surface area contributed by atoms with Gasteiger partial charge in [0.05, 0.1) is 18.2 Å². The highest BCUT2D eigenvalue weighted by molar-refractivity contribution is 6.24. The summed E-state index contributed by atoms with van der Waals surface area (Å²) in [4.78, 5) is 43.5. The van der Waals surface area contributed by atoms with Crippen LogP contribution < -0.4 is 10.5 Å². The molecule has 1 aliphatic heterocycles. The van der Waals surface area contributed by atoms with E-state index in [1.54, 1.807) is 21.2 Å². The number of benzene rings is 2. The number of carbonyl (C=O) groups excluding carboxylic acids is 3. The van der Waals surface area contributed by atoms with Crippen LogP contribution in [0.2, 0.25) is 0 Å². The van der Waals surface area contributed by atoms with Gasteiger partial charge in [-0.1, -0.05) is 12.1 Å². The number of amides is 1. The van der Waals surface area contributed by atoms with Gasteiger partial charge in [-0.2, -0.15) is 0 Å². The first kappa shape index (κ1) is 30.1. The number of aromatic hydroxyl groups is 1. The minimum Gasteiger partial charge on any atom is -0.508 e. The maximum Gasteiger partial charge on any atom is 0.255 e. The second-order valence-electron chi connectivity index (χ2n) is 12.3. The molecule has 0 unspecified atom stereocenters. The molecule has 2 fully saturated rings. The number of likely N-dealkylation sites (tertiary alicyclic amines) is 1. The zero-order valence-corrected chi connectivity index (χ0v) is 24.9. The molecule has 1 heterocycles. The van der Waals surface area contributed by atoms with E-state index in [4.69, 9.17) is 15.2 Å². The summed E-state index contributed by atoms with van der Waals surface area (Å²) in [5, 5.41) is 47.4. The molecule has 2 aromatic rings. The molecular formula is C32H37N3O9. The maximum atomic E-state index is 14.2. The van der Waals surface area contributed by atoms with Crippen molar-refractivity contribution in [2.75, 3.05) is 47.5 Å². The Labute approximate surface area is 253 Å². The van der Waals surface area contributed by atoms with Crippen molar-refractivity contribution in [3.05, 3.63) is 51.8 Å². The average molecular weight is 608 g/mol. The summed E-state index contributed by atoms with van der Waals surface area (Å²) in [7, 11) is 4.68. The number of primary amides is 1. The summed E-state index contributed by atoms with van der Waals surface area (Å²) in [6.07, 6.45) is 1.26. The van der Waals surface area contributed by atoms with Crippen molar-refractivity contribution in [1.29, 1.82) is 0 Å². The van der Waals surface area contributed by atoms with Crippen LogP contribution in [0.5, 0.6) is 11.5 Å². The summed E-state index contributed by atoms with van der Waals surface area (Å²) >= 11 is 0. The third-order valence-corrected chi connectivity index (χ3v) is 9.60. The number of methoxy groups -OCH3 is 1. The van der Waals surface area contributed by atoms with Crippen molar-refractivity contribution in [2.45, 2.75) is 37.5 Å². The number of aliphatic hydroxyl groups excluding tert-OH is 2. The van der Waals surface area contributed by atoms with Crippen LogP contribution in [-0.2, 0) is 32.1 Å². The number of carbonyl (C=O) groups is 3. The number of hydrogen-bond donors (Lipinski definition) is 5. The van der Waals surface area contributed by atoms with Gasteiger partial charge in [0.15, 0.2) is 11.4 Å². The number of phenols is 1. The Bertz CT molecular complexity index is 1660. The van der Waals surface area contributed by atoms with E-state index >= 15 is 0 Å². The van der Waals surface area contributed by atoms with Gasteiger partial charge >= 0.3 is 0 Å². The molecule has 1 saturated carbocycles. The number of ketones is 2. The van der Waals surface area contributed by atoms with Crippen LogP contribution in [-0.4, -0.2) is 107 Å². The molecule has 1 amide bonds. The Balaban J connectivity index is 1.55. The first-order valence-corrected chi connectivity index (χ1v) is 14.7. The SMILES string of the molecule is COCCOc1c2c(c(O)c3cc(CN4CCC4)ccc13)C(O)=C1C(=O)[C@]3(O)C(O)=C(C(N)=O)C(=O)[C@@H](N(C)C)[C@@H]3C[C@@H]1C2. The Kier molecular flexibility index (Phi) is 7.44. The fraction of sp³-hybridized carbons (Fsp3) is 0.469. The van der Waals surface area contributed by atoms with E-state index in [1.807, 2.05) is 18.2 Å². The van der Waals surface area contributed by atoms with Gasteiger partial charge in [0.2, 0.25) is 5.78 Å². The molecule has 0 bridgehead atoms. The molecule has 12 nitrogen and oxygen atoms in total. The lowest BCUT2D eigenvalue weighted by Gasteiger charge is -2.50. The number of rotatable bonds is 8. The van der Waals surface area contributed by atoms with E-state index in [-0.39, 0.29) is 42.9 Å². The van der Waals surface area contributed by atoms with Crippen LogP contribution in [0.3, 0.4) is 0 Å². The highest BCUT2D eigenvalue weighted by atomic mass is 16.5. The Morgan fingerprint density at radius 1 is 1.14 bits per heavy atom.